The molecule has 21 heavy (non-hydrogen) atoms. The normalized spacial score (nSPS) is 11.6. The zero-order valence-corrected chi connectivity index (χ0v) is 11.8. The molecule has 0 bridgehead atoms. The average molecular weight is 296 g/mol. The van der Waals surface area contributed by atoms with Crippen molar-refractivity contribution < 1.29 is 23.9 Å². The number of halogens is 1. The standard InChI is InChI=1S/C14H17FN2O4/c1-9(14(20)21)8-17(2)12(18)7-16-13(19)10-4-3-5-11(15)6-10/h3-6,9H,7-8H2,1-2H3,(H,16,19)(H,20,21). The summed E-state index contributed by atoms with van der Waals surface area (Å²) in [6.07, 6.45) is 0. The highest BCUT2D eigenvalue weighted by Crippen LogP contribution is 2.03. The van der Waals surface area contributed by atoms with Crippen molar-refractivity contribution in [3.05, 3.63) is 35.6 Å². The van der Waals surface area contributed by atoms with Crippen LogP contribution in [0.2, 0.25) is 0 Å². The van der Waals surface area contributed by atoms with Gasteiger partial charge >= 0.3 is 5.97 Å². The monoisotopic (exact) mass is 296 g/mol. The van der Waals surface area contributed by atoms with E-state index in [1.165, 1.54) is 37.1 Å². The largest absolute Gasteiger partial charge is 0.481 e. The second kappa shape index (κ2) is 7.37. The van der Waals surface area contributed by atoms with Crippen LogP contribution in [0.4, 0.5) is 4.39 Å². The molecule has 0 spiro atoms. The number of carbonyl (C=O) groups is 3. The van der Waals surface area contributed by atoms with Crippen LogP contribution in [0.3, 0.4) is 0 Å². The third-order valence-corrected chi connectivity index (χ3v) is 2.88. The van der Waals surface area contributed by atoms with E-state index in [0.717, 1.165) is 6.07 Å². The molecule has 1 aromatic carbocycles. The number of benzene rings is 1. The Balaban J connectivity index is 2.49. The Morgan fingerprint density at radius 3 is 2.62 bits per heavy atom. The molecule has 0 saturated heterocycles. The van der Waals surface area contributed by atoms with Crippen molar-refractivity contribution >= 4 is 17.8 Å². The summed E-state index contributed by atoms with van der Waals surface area (Å²) in [6, 6.07) is 5.10. The fraction of sp³-hybridized carbons (Fsp3) is 0.357. The van der Waals surface area contributed by atoms with Gasteiger partial charge < -0.3 is 15.3 Å². The maximum atomic E-state index is 13.0. The highest BCUT2D eigenvalue weighted by molar-refractivity contribution is 5.96. The van der Waals surface area contributed by atoms with Gasteiger partial charge in [0.2, 0.25) is 5.91 Å². The molecule has 0 aliphatic heterocycles. The average Bonchev–Trinajstić information content (AvgIpc) is 2.43. The van der Waals surface area contributed by atoms with Gasteiger partial charge in [-0.25, -0.2) is 4.39 Å². The summed E-state index contributed by atoms with van der Waals surface area (Å²) in [5.41, 5.74) is 0.115. The summed E-state index contributed by atoms with van der Waals surface area (Å²) in [5.74, 6) is -3.23. The molecule has 7 heteroatoms. The summed E-state index contributed by atoms with van der Waals surface area (Å²) in [6.45, 7) is 1.25. The molecule has 0 heterocycles. The summed E-state index contributed by atoms with van der Waals surface area (Å²) in [7, 11) is 1.45. The van der Waals surface area contributed by atoms with E-state index in [2.05, 4.69) is 5.32 Å². The molecule has 0 aromatic heterocycles. The molecule has 1 rings (SSSR count). The minimum atomic E-state index is -1.00. The van der Waals surface area contributed by atoms with Crippen LogP contribution in [-0.4, -0.2) is 47.9 Å². The smallest absolute Gasteiger partial charge is 0.308 e. The second-order valence-electron chi connectivity index (χ2n) is 4.71. The zero-order valence-electron chi connectivity index (χ0n) is 11.8. The van der Waals surface area contributed by atoms with Crippen molar-refractivity contribution in [3.63, 3.8) is 0 Å². The number of likely N-dealkylation sites (N-methyl/N-ethyl adjacent to an activating group) is 1. The second-order valence-corrected chi connectivity index (χ2v) is 4.71. The lowest BCUT2D eigenvalue weighted by molar-refractivity contribution is -0.142. The minimum Gasteiger partial charge on any atom is -0.481 e. The lowest BCUT2D eigenvalue weighted by Crippen LogP contribution is -2.40. The van der Waals surface area contributed by atoms with Gasteiger partial charge in [-0.2, -0.15) is 0 Å². The third kappa shape index (κ3) is 5.21. The fourth-order valence-electron chi connectivity index (χ4n) is 1.61. The van der Waals surface area contributed by atoms with E-state index in [-0.39, 0.29) is 18.7 Å². The van der Waals surface area contributed by atoms with Crippen molar-refractivity contribution in [3.8, 4) is 0 Å². The maximum Gasteiger partial charge on any atom is 0.308 e. The van der Waals surface area contributed by atoms with Crippen LogP contribution in [0.5, 0.6) is 0 Å². The first kappa shape index (κ1) is 16.6. The molecule has 0 fully saturated rings. The molecule has 1 atom stereocenters. The number of carboxylic acids is 1. The molecular formula is C14H17FN2O4. The van der Waals surface area contributed by atoms with Gasteiger partial charge in [-0.05, 0) is 18.2 Å². The van der Waals surface area contributed by atoms with Gasteiger partial charge in [0, 0.05) is 19.2 Å². The first-order chi connectivity index (χ1) is 9.81. The number of nitrogens with one attached hydrogen (secondary N) is 1. The summed E-state index contributed by atoms with van der Waals surface area (Å²) >= 11 is 0. The number of amides is 2. The van der Waals surface area contributed by atoms with E-state index in [0.29, 0.717) is 0 Å². The van der Waals surface area contributed by atoms with E-state index in [1.54, 1.807) is 0 Å². The van der Waals surface area contributed by atoms with Crippen LogP contribution in [-0.2, 0) is 9.59 Å². The Bertz CT molecular complexity index is 548. The lowest BCUT2D eigenvalue weighted by Gasteiger charge is -2.19. The van der Waals surface area contributed by atoms with E-state index >= 15 is 0 Å². The van der Waals surface area contributed by atoms with Gasteiger partial charge in [-0.1, -0.05) is 13.0 Å². The Morgan fingerprint density at radius 2 is 2.05 bits per heavy atom. The van der Waals surface area contributed by atoms with Crippen LogP contribution < -0.4 is 5.32 Å². The Kier molecular flexibility index (Phi) is 5.83. The van der Waals surface area contributed by atoms with E-state index in [4.69, 9.17) is 5.11 Å². The fourth-order valence-corrected chi connectivity index (χ4v) is 1.61. The number of nitrogens with zero attached hydrogens (tertiary/aromatic N) is 1. The molecule has 0 radical (unpaired) electrons. The first-order valence-electron chi connectivity index (χ1n) is 6.31. The third-order valence-electron chi connectivity index (χ3n) is 2.88. The molecule has 2 N–H and O–H groups in total. The van der Waals surface area contributed by atoms with Gasteiger partial charge in [0.25, 0.3) is 5.91 Å². The molecule has 114 valence electrons. The van der Waals surface area contributed by atoms with E-state index < -0.39 is 29.5 Å². The topological polar surface area (TPSA) is 86.7 Å². The van der Waals surface area contributed by atoms with Gasteiger partial charge in [0.05, 0.1) is 12.5 Å². The number of rotatable bonds is 6. The molecular weight excluding hydrogens is 279 g/mol. The van der Waals surface area contributed by atoms with Crippen LogP contribution in [0, 0.1) is 11.7 Å². The quantitative estimate of drug-likeness (QED) is 0.810. The van der Waals surface area contributed by atoms with Crippen LogP contribution in [0.25, 0.3) is 0 Å². The zero-order chi connectivity index (χ0) is 16.0. The first-order valence-corrected chi connectivity index (χ1v) is 6.31. The van der Waals surface area contributed by atoms with Crippen molar-refractivity contribution in [2.45, 2.75) is 6.92 Å². The van der Waals surface area contributed by atoms with Gasteiger partial charge in [-0.3, -0.25) is 14.4 Å². The predicted molar refractivity (Wildman–Crippen MR) is 73.2 cm³/mol. The summed E-state index contributed by atoms with van der Waals surface area (Å²) in [4.78, 5) is 35.4. The molecule has 2 amide bonds. The number of carboxylic acid groups (broad SMARTS) is 1. The van der Waals surface area contributed by atoms with E-state index in [9.17, 15) is 18.8 Å². The molecule has 1 aromatic rings. The van der Waals surface area contributed by atoms with E-state index in [1.807, 2.05) is 0 Å². The Labute approximate surface area is 121 Å². The molecule has 0 saturated carbocycles. The number of hydrogen-bond donors (Lipinski definition) is 2. The van der Waals surface area contributed by atoms with Crippen LogP contribution in [0.15, 0.2) is 24.3 Å². The van der Waals surface area contributed by atoms with Crippen LogP contribution in [0.1, 0.15) is 17.3 Å². The molecule has 0 aliphatic rings. The minimum absolute atomic E-state index is 0.0456. The van der Waals surface area contributed by atoms with Crippen molar-refractivity contribution in [2.24, 2.45) is 5.92 Å². The number of aliphatic carboxylic acids is 1. The number of hydrogen-bond acceptors (Lipinski definition) is 3. The highest BCUT2D eigenvalue weighted by Gasteiger charge is 2.18. The Morgan fingerprint density at radius 1 is 1.38 bits per heavy atom. The van der Waals surface area contributed by atoms with Gasteiger partial charge in [0.15, 0.2) is 0 Å². The highest BCUT2D eigenvalue weighted by atomic mass is 19.1. The lowest BCUT2D eigenvalue weighted by atomic mass is 10.2. The van der Waals surface area contributed by atoms with Crippen molar-refractivity contribution in [2.75, 3.05) is 20.1 Å². The summed E-state index contributed by atoms with van der Waals surface area (Å²) < 4.78 is 13.0. The van der Waals surface area contributed by atoms with Crippen molar-refractivity contribution in [1.29, 1.82) is 0 Å². The van der Waals surface area contributed by atoms with Gasteiger partial charge in [0.1, 0.15) is 5.82 Å². The maximum absolute atomic E-state index is 13.0. The predicted octanol–water partition coefficient (Wildman–Crippen LogP) is 0.735. The van der Waals surface area contributed by atoms with Crippen molar-refractivity contribution in [1.82, 2.24) is 10.2 Å². The van der Waals surface area contributed by atoms with Gasteiger partial charge in [-0.15, -0.1) is 0 Å². The molecule has 0 aliphatic carbocycles. The number of carbonyl (C=O) groups excluding carboxylic acids is 2. The Hall–Kier alpha value is -2.44. The molecule has 6 nitrogen and oxygen atoms in total. The van der Waals surface area contributed by atoms with Crippen LogP contribution >= 0.6 is 0 Å². The molecule has 1 unspecified atom stereocenters. The SMILES string of the molecule is CC(CN(C)C(=O)CNC(=O)c1cccc(F)c1)C(=O)O. The summed E-state index contributed by atoms with van der Waals surface area (Å²) in [5, 5.41) is 11.1.